The molecule has 5 aromatic rings. The molecular formula is C24H13F3N2O4S. The van der Waals surface area contributed by atoms with Crippen LogP contribution in [0.1, 0.15) is 5.56 Å². The smallest absolute Gasteiger partial charge is 0.416 e. The van der Waals surface area contributed by atoms with E-state index in [0.717, 1.165) is 28.5 Å². The first kappa shape index (κ1) is 21.8. The molecule has 1 N–H and O–H groups in total. The molecule has 34 heavy (non-hydrogen) atoms. The van der Waals surface area contributed by atoms with E-state index in [2.05, 4.69) is 4.98 Å². The van der Waals surface area contributed by atoms with Gasteiger partial charge in [-0.15, -0.1) is 0 Å². The predicted molar refractivity (Wildman–Crippen MR) is 121 cm³/mol. The molecule has 10 heteroatoms. The van der Waals surface area contributed by atoms with Crippen LogP contribution < -0.4 is 11.2 Å². The maximum Gasteiger partial charge on any atom is 0.416 e. The lowest BCUT2D eigenvalue weighted by Gasteiger charge is -2.14. The van der Waals surface area contributed by atoms with Crippen molar-refractivity contribution >= 4 is 33.8 Å². The molecule has 0 atom stereocenters. The Morgan fingerprint density at radius 2 is 1.74 bits per heavy atom. The van der Waals surface area contributed by atoms with E-state index < -0.39 is 28.7 Å². The van der Waals surface area contributed by atoms with E-state index in [1.165, 1.54) is 30.5 Å². The van der Waals surface area contributed by atoms with Crippen LogP contribution in [0.3, 0.4) is 0 Å². The maximum atomic E-state index is 13.6. The summed E-state index contributed by atoms with van der Waals surface area (Å²) in [5.74, 6) is -0.614. The molecule has 6 nitrogen and oxygen atoms in total. The number of alkyl halides is 3. The average molecular weight is 482 g/mol. The van der Waals surface area contributed by atoms with Crippen molar-refractivity contribution in [2.24, 2.45) is 0 Å². The van der Waals surface area contributed by atoms with Gasteiger partial charge in [0.05, 0.1) is 16.6 Å². The highest BCUT2D eigenvalue weighted by Crippen LogP contribution is 2.37. The Balaban J connectivity index is 1.86. The fourth-order valence-corrected chi connectivity index (χ4v) is 4.47. The van der Waals surface area contributed by atoms with Crippen molar-refractivity contribution in [3.63, 3.8) is 0 Å². The molecule has 0 unspecified atom stereocenters. The van der Waals surface area contributed by atoms with Gasteiger partial charge in [-0.2, -0.15) is 13.2 Å². The van der Waals surface area contributed by atoms with Crippen molar-refractivity contribution in [3.05, 3.63) is 99.3 Å². The van der Waals surface area contributed by atoms with Crippen LogP contribution in [0.2, 0.25) is 0 Å². The third kappa shape index (κ3) is 3.61. The highest BCUT2D eigenvalue weighted by molar-refractivity contribution is 7.99. The van der Waals surface area contributed by atoms with E-state index >= 15 is 0 Å². The minimum absolute atomic E-state index is 0.0228. The highest BCUT2D eigenvalue weighted by atomic mass is 32.2. The van der Waals surface area contributed by atoms with E-state index in [0.29, 0.717) is 4.90 Å². The zero-order chi connectivity index (χ0) is 24.0. The van der Waals surface area contributed by atoms with Gasteiger partial charge in [-0.3, -0.25) is 9.36 Å². The summed E-state index contributed by atoms with van der Waals surface area (Å²) in [6.45, 7) is 0. The summed E-state index contributed by atoms with van der Waals surface area (Å²) in [4.78, 5) is 30.8. The van der Waals surface area contributed by atoms with Crippen molar-refractivity contribution in [1.82, 2.24) is 9.55 Å². The second-order valence-corrected chi connectivity index (χ2v) is 8.33. The number of pyridine rings is 2. The summed E-state index contributed by atoms with van der Waals surface area (Å²) in [6.07, 6.45) is -3.27. The second-order valence-electron chi connectivity index (χ2n) is 7.25. The quantitative estimate of drug-likeness (QED) is 0.348. The number of benzene rings is 2. The molecule has 0 bridgehead atoms. The first-order valence-corrected chi connectivity index (χ1v) is 10.7. The zero-order valence-electron chi connectivity index (χ0n) is 17.0. The van der Waals surface area contributed by atoms with E-state index in [4.69, 9.17) is 4.42 Å². The van der Waals surface area contributed by atoms with Crippen LogP contribution in [-0.2, 0) is 6.18 Å². The number of hydrogen-bond donors (Lipinski definition) is 1. The van der Waals surface area contributed by atoms with Crippen LogP contribution in [0.5, 0.6) is 5.75 Å². The van der Waals surface area contributed by atoms with Gasteiger partial charge in [-0.25, -0.2) is 9.78 Å². The minimum Gasteiger partial charge on any atom is -0.505 e. The third-order valence-corrected chi connectivity index (χ3v) is 6.19. The molecular weight excluding hydrogens is 469 g/mol. The number of halogens is 3. The zero-order valence-corrected chi connectivity index (χ0v) is 17.9. The molecule has 0 aliphatic heterocycles. The molecule has 0 saturated heterocycles. The summed E-state index contributed by atoms with van der Waals surface area (Å²) >= 11 is 0.908. The Bertz CT molecular complexity index is 1680. The lowest BCUT2D eigenvalue weighted by atomic mass is 10.1. The number of aromatic nitrogens is 2. The van der Waals surface area contributed by atoms with Gasteiger partial charge in [-0.1, -0.05) is 36.0 Å². The third-order valence-electron chi connectivity index (χ3n) is 5.11. The number of nitrogens with zero attached hydrogens (tertiary/aromatic N) is 2. The molecule has 0 aliphatic rings. The van der Waals surface area contributed by atoms with E-state index in [1.807, 2.05) is 0 Å². The topological polar surface area (TPSA) is 85.3 Å². The molecule has 5 rings (SSSR count). The molecule has 0 radical (unpaired) electrons. The number of rotatable bonds is 3. The summed E-state index contributed by atoms with van der Waals surface area (Å²) in [6, 6.07) is 15.9. The van der Waals surface area contributed by atoms with Gasteiger partial charge in [0, 0.05) is 11.1 Å². The largest absolute Gasteiger partial charge is 0.505 e. The summed E-state index contributed by atoms with van der Waals surface area (Å²) < 4.78 is 46.4. The molecule has 3 aromatic heterocycles. The van der Waals surface area contributed by atoms with Crippen molar-refractivity contribution in [1.29, 1.82) is 0 Å². The maximum absolute atomic E-state index is 13.6. The molecule has 0 amide bonds. The van der Waals surface area contributed by atoms with Crippen LogP contribution in [0.25, 0.3) is 27.7 Å². The summed E-state index contributed by atoms with van der Waals surface area (Å²) in [5.41, 5.74) is -3.02. The van der Waals surface area contributed by atoms with Gasteiger partial charge in [-0.05, 0) is 42.5 Å². The Morgan fingerprint density at radius 3 is 2.47 bits per heavy atom. The Labute approximate surface area is 192 Å². The molecule has 0 aliphatic carbocycles. The molecule has 3 heterocycles. The van der Waals surface area contributed by atoms with Crippen molar-refractivity contribution in [3.8, 4) is 11.4 Å². The first-order chi connectivity index (χ1) is 16.3. The minimum atomic E-state index is -4.63. The van der Waals surface area contributed by atoms with Crippen molar-refractivity contribution in [2.75, 3.05) is 0 Å². The summed E-state index contributed by atoms with van der Waals surface area (Å²) in [7, 11) is 0. The van der Waals surface area contributed by atoms with Gasteiger partial charge in [0.15, 0.2) is 17.0 Å². The monoisotopic (exact) mass is 482 g/mol. The molecule has 0 fully saturated rings. The van der Waals surface area contributed by atoms with Crippen LogP contribution in [-0.4, -0.2) is 14.7 Å². The lowest BCUT2D eigenvalue weighted by Crippen LogP contribution is -2.22. The fraction of sp³-hybridized carbons (Fsp3) is 0.0417. The van der Waals surface area contributed by atoms with E-state index in [9.17, 15) is 27.9 Å². The van der Waals surface area contributed by atoms with E-state index in [-0.39, 0.29) is 32.6 Å². The van der Waals surface area contributed by atoms with Crippen molar-refractivity contribution in [2.45, 2.75) is 16.0 Å². The average Bonchev–Trinajstić information content (AvgIpc) is 2.82. The van der Waals surface area contributed by atoms with Crippen LogP contribution in [0.15, 0.2) is 96.7 Å². The second kappa shape index (κ2) is 8.07. The first-order valence-electron chi connectivity index (χ1n) is 9.86. The van der Waals surface area contributed by atoms with E-state index in [1.54, 1.807) is 30.3 Å². The van der Waals surface area contributed by atoms with Crippen LogP contribution in [0, 0.1) is 0 Å². The Kier molecular flexibility index (Phi) is 5.17. The molecule has 0 spiro atoms. The molecule has 2 aromatic carbocycles. The van der Waals surface area contributed by atoms with Gasteiger partial charge < -0.3 is 9.52 Å². The van der Waals surface area contributed by atoms with Gasteiger partial charge in [0.1, 0.15) is 10.3 Å². The predicted octanol–water partition coefficient (Wildman–Crippen LogP) is 5.37. The normalized spacial score (nSPS) is 11.9. The Morgan fingerprint density at radius 1 is 0.971 bits per heavy atom. The van der Waals surface area contributed by atoms with Crippen molar-refractivity contribution < 1.29 is 22.7 Å². The summed E-state index contributed by atoms with van der Waals surface area (Å²) in [5, 5.41) is 10.8. The standard InChI is InChI=1S/C24H13F3N2O4S/c25-24(26,27)13-6-4-7-14(12-13)29-21-16(10-5-11-28-21)19-17(22(29)31)18(30)20(23(32)33-19)34-15-8-2-1-3-9-15/h1-12,30H. The Hall–Kier alpha value is -4.05. The van der Waals surface area contributed by atoms with Crippen LogP contribution in [0.4, 0.5) is 13.2 Å². The number of fused-ring (bicyclic) bond motifs is 3. The molecule has 170 valence electrons. The number of aromatic hydroxyl groups is 1. The number of hydrogen-bond acceptors (Lipinski definition) is 6. The molecule has 0 saturated carbocycles. The van der Waals surface area contributed by atoms with Gasteiger partial charge in [0.25, 0.3) is 5.56 Å². The SMILES string of the molecule is O=c1oc2c(c(O)c1Sc1ccccc1)c(=O)n(-c1cccc(C(F)(F)F)c1)c1ncccc21. The van der Waals surface area contributed by atoms with Gasteiger partial charge >= 0.3 is 11.8 Å². The van der Waals surface area contributed by atoms with Crippen LogP contribution >= 0.6 is 11.8 Å². The fourth-order valence-electron chi connectivity index (χ4n) is 3.61. The lowest BCUT2D eigenvalue weighted by molar-refractivity contribution is -0.137. The van der Waals surface area contributed by atoms with Gasteiger partial charge in [0.2, 0.25) is 0 Å². The highest BCUT2D eigenvalue weighted by Gasteiger charge is 2.31.